The molecule has 0 N–H and O–H groups in total. The molecule has 1 saturated heterocycles. The van der Waals surface area contributed by atoms with Gasteiger partial charge in [-0.3, -0.25) is 14.5 Å². The van der Waals surface area contributed by atoms with E-state index in [4.69, 9.17) is 4.74 Å². The Morgan fingerprint density at radius 3 is 2.39 bits per heavy atom. The third-order valence-corrected chi connectivity index (χ3v) is 5.90. The molecule has 2 amide bonds. The monoisotopic (exact) mass is 337 g/mol. The summed E-state index contributed by atoms with van der Waals surface area (Å²) in [5.41, 5.74) is 0.914. The summed E-state index contributed by atoms with van der Waals surface area (Å²) in [7, 11) is -2.58. The number of imide groups is 1. The lowest BCUT2D eigenvalue weighted by Crippen LogP contribution is -2.56. The first-order valence-corrected chi connectivity index (χ1v) is 8.67. The number of sulfone groups is 1. The molecule has 1 aliphatic rings. The van der Waals surface area contributed by atoms with Gasteiger partial charge in [-0.05, 0) is 19.1 Å². The van der Waals surface area contributed by atoms with Gasteiger partial charge in [0.1, 0.15) is 11.4 Å². The highest BCUT2D eigenvalue weighted by molar-refractivity contribution is 7.92. The van der Waals surface area contributed by atoms with Crippen LogP contribution in [-0.2, 0) is 24.2 Å². The van der Waals surface area contributed by atoms with Crippen LogP contribution >= 0.6 is 0 Å². The molecule has 0 spiro atoms. The van der Waals surface area contributed by atoms with Crippen molar-refractivity contribution in [3.8, 4) is 0 Å². The van der Waals surface area contributed by atoms with Gasteiger partial charge in [-0.25, -0.2) is 8.42 Å². The van der Waals surface area contributed by atoms with Crippen LogP contribution in [0.4, 0.5) is 0 Å². The van der Waals surface area contributed by atoms with Crippen molar-refractivity contribution in [1.29, 1.82) is 0 Å². The third kappa shape index (κ3) is 3.20. The van der Waals surface area contributed by atoms with Crippen molar-refractivity contribution < 1.29 is 22.7 Å². The van der Waals surface area contributed by atoms with Crippen molar-refractivity contribution >= 4 is 21.7 Å². The second kappa shape index (κ2) is 6.64. The van der Waals surface area contributed by atoms with E-state index in [0.29, 0.717) is 0 Å². The fraction of sp³-hybridized carbons (Fsp3) is 0.375. The van der Waals surface area contributed by atoms with Crippen LogP contribution in [0.3, 0.4) is 0 Å². The highest BCUT2D eigenvalue weighted by Gasteiger charge is 2.47. The van der Waals surface area contributed by atoms with E-state index in [9.17, 15) is 18.0 Å². The van der Waals surface area contributed by atoms with Gasteiger partial charge in [-0.15, -0.1) is 6.58 Å². The van der Waals surface area contributed by atoms with Gasteiger partial charge >= 0.3 is 0 Å². The molecule has 6 nitrogen and oxygen atoms in total. The molecule has 2 atom stereocenters. The summed E-state index contributed by atoms with van der Waals surface area (Å²) >= 11 is 0. The van der Waals surface area contributed by atoms with Crippen LogP contribution in [0.5, 0.6) is 0 Å². The van der Waals surface area contributed by atoms with Crippen LogP contribution < -0.4 is 0 Å². The predicted molar refractivity (Wildman–Crippen MR) is 84.5 cm³/mol. The van der Waals surface area contributed by atoms with Gasteiger partial charge in [0.25, 0.3) is 5.91 Å². The van der Waals surface area contributed by atoms with E-state index in [1.54, 1.807) is 12.1 Å². The number of methoxy groups -OCH3 is 1. The Morgan fingerprint density at radius 1 is 1.26 bits per heavy atom. The van der Waals surface area contributed by atoms with E-state index < -0.39 is 33.0 Å². The van der Waals surface area contributed by atoms with Gasteiger partial charge in [0.2, 0.25) is 5.91 Å². The molecule has 124 valence electrons. The minimum absolute atomic E-state index is 0.0442. The number of ether oxygens (including phenoxy) is 1. The van der Waals surface area contributed by atoms with E-state index in [1.807, 2.05) is 6.92 Å². The molecule has 0 aliphatic carbocycles. The van der Waals surface area contributed by atoms with Crippen LogP contribution in [0.1, 0.15) is 12.0 Å². The first-order chi connectivity index (χ1) is 10.8. The van der Waals surface area contributed by atoms with Crippen molar-refractivity contribution in [3.63, 3.8) is 0 Å². The number of hydrogen-bond acceptors (Lipinski definition) is 5. The molecule has 23 heavy (non-hydrogen) atoms. The van der Waals surface area contributed by atoms with Crippen molar-refractivity contribution in [1.82, 2.24) is 4.90 Å². The molecule has 1 heterocycles. The molecule has 0 bridgehead atoms. The second-order valence-electron chi connectivity index (χ2n) is 5.38. The Balaban J connectivity index is 2.43. The number of carbonyl (C=O) groups is 2. The van der Waals surface area contributed by atoms with Gasteiger partial charge in [0, 0.05) is 20.1 Å². The number of rotatable bonds is 5. The van der Waals surface area contributed by atoms with Crippen LogP contribution in [0.15, 0.2) is 41.8 Å². The molecule has 7 heteroatoms. The van der Waals surface area contributed by atoms with E-state index in [0.717, 1.165) is 10.5 Å². The Hall–Kier alpha value is -1.99. The zero-order valence-electron chi connectivity index (χ0n) is 13.1. The maximum atomic E-state index is 12.8. The number of carbonyl (C=O) groups excluding carboxylic acids is 2. The van der Waals surface area contributed by atoms with Gasteiger partial charge in [0.05, 0.1) is 4.90 Å². The summed E-state index contributed by atoms with van der Waals surface area (Å²) in [6.45, 7) is 5.29. The summed E-state index contributed by atoms with van der Waals surface area (Å²) in [5.74, 6) is -1.27. The van der Waals surface area contributed by atoms with Crippen molar-refractivity contribution in [3.05, 3.63) is 42.5 Å². The molecule has 2 rings (SSSR count). The molecule has 1 aromatic rings. The third-order valence-electron chi connectivity index (χ3n) is 3.83. The number of aryl methyl sites for hydroxylation is 1. The summed E-state index contributed by atoms with van der Waals surface area (Å²) < 4.78 is 30.6. The number of likely N-dealkylation sites (tertiary alicyclic amines) is 1. The van der Waals surface area contributed by atoms with Gasteiger partial charge in [-0.1, -0.05) is 23.8 Å². The molecule has 1 aromatic carbocycles. The highest BCUT2D eigenvalue weighted by atomic mass is 32.2. The predicted octanol–water partition coefficient (Wildman–Crippen LogP) is 1.10. The lowest BCUT2D eigenvalue weighted by Gasteiger charge is -2.33. The molecular weight excluding hydrogens is 318 g/mol. The second-order valence-corrected chi connectivity index (χ2v) is 7.51. The van der Waals surface area contributed by atoms with E-state index >= 15 is 0 Å². The molecular formula is C16H19NO5S. The van der Waals surface area contributed by atoms with Crippen LogP contribution in [0.2, 0.25) is 0 Å². The maximum Gasteiger partial charge on any atom is 0.258 e. The summed E-state index contributed by atoms with van der Waals surface area (Å²) in [6, 6.07) is 6.27. The number of nitrogens with zero attached hydrogens (tertiary/aromatic N) is 1. The van der Waals surface area contributed by atoms with Crippen molar-refractivity contribution in [2.24, 2.45) is 0 Å². The topological polar surface area (TPSA) is 80.8 Å². The molecule has 0 unspecified atom stereocenters. The standard InChI is InChI=1S/C16H19NO5S/c1-4-9-17-15(18)13(22-3)10-14(16(17)19)23(20,21)12-7-5-11(2)6-8-12/h4-8,13-14H,1,9-10H2,2-3H3/t13-,14-/m1/s1. The molecule has 1 fully saturated rings. The van der Waals surface area contributed by atoms with Crippen LogP contribution in [0, 0.1) is 6.92 Å². The Labute approximate surface area is 135 Å². The normalized spacial score (nSPS) is 22.3. The number of piperidine rings is 1. The quantitative estimate of drug-likeness (QED) is 0.594. The molecule has 0 radical (unpaired) electrons. The van der Waals surface area contributed by atoms with E-state index in [1.165, 1.54) is 25.3 Å². The zero-order valence-corrected chi connectivity index (χ0v) is 13.9. The number of amides is 2. The zero-order chi connectivity index (χ0) is 17.2. The van der Waals surface area contributed by atoms with E-state index in [2.05, 4.69) is 6.58 Å². The van der Waals surface area contributed by atoms with Crippen molar-refractivity contribution in [2.75, 3.05) is 13.7 Å². The SMILES string of the molecule is C=CCN1C(=O)[C@H](S(=O)(=O)c2ccc(C)cc2)C[C@@H](OC)C1=O. The van der Waals surface area contributed by atoms with Gasteiger partial charge in [0.15, 0.2) is 9.84 Å². The van der Waals surface area contributed by atoms with Gasteiger partial charge < -0.3 is 4.74 Å². The molecule has 0 aromatic heterocycles. The minimum Gasteiger partial charge on any atom is -0.372 e. The largest absolute Gasteiger partial charge is 0.372 e. The fourth-order valence-corrected chi connectivity index (χ4v) is 4.17. The lowest BCUT2D eigenvalue weighted by molar-refractivity contribution is -0.155. The number of benzene rings is 1. The Kier molecular flexibility index (Phi) is 5.01. The molecule has 1 aliphatic heterocycles. The van der Waals surface area contributed by atoms with Crippen molar-refractivity contribution in [2.45, 2.75) is 29.6 Å². The first kappa shape index (κ1) is 17.4. The van der Waals surface area contributed by atoms with Crippen LogP contribution in [-0.4, -0.2) is 50.1 Å². The average Bonchev–Trinajstić information content (AvgIpc) is 2.52. The minimum atomic E-state index is -3.90. The summed E-state index contributed by atoms with van der Waals surface area (Å²) in [4.78, 5) is 25.6. The van der Waals surface area contributed by atoms with E-state index in [-0.39, 0.29) is 17.9 Å². The maximum absolute atomic E-state index is 12.8. The average molecular weight is 337 g/mol. The highest BCUT2D eigenvalue weighted by Crippen LogP contribution is 2.27. The Bertz CT molecular complexity index is 723. The van der Waals surface area contributed by atoms with Gasteiger partial charge in [-0.2, -0.15) is 0 Å². The summed E-state index contributed by atoms with van der Waals surface area (Å²) in [5, 5.41) is -1.34. The lowest BCUT2D eigenvalue weighted by atomic mass is 10.1. The summed E-state index contributed by atoms with van der Waals surface area (Å²) in [6.07, 6.45) is 0.236. The molecule has 0 saturated carbocycles. The number of hydrogen-bond donors (Lipinski definition) is 0. The van der Waals surface area contributed by atoms with Crippen LogP contribution in [0.25, 0.3) is 0 Å². The smallest absolute Gasteiger partial charge is 0.258 e. The first-order valence-electron chi connectivity index (χ1n) is 7.12. The fourth-order valence-electron chi connectivity index (χ4n) is 2.51. The Morgan fingerprint density at radius 2 is 1.87 bits per heavy atom.